The SMILES string of the molecule is O=Cc1ccc(COCO)c(CO)c1. The van der Waals surface area contributed by atoms with Gasteiger partial charge in [0.05, 0.1) is 13.2 Å². The van der Waals surface area contributed by atoms with E-state index in [1.54, 1.807) is 18.2 Å². The Morgan fingerprint density at radius 1 is 1.29 bits per heavy atom. The molecular weight excluding hydrogens is 184 g/mol. The highest BCUT2D eigenvalue weighted by atomic mass is 16.6. The number of ether oxygens (including phenoxy) is 1. The van der Waals surface area contributed by atoms with Crippen molar-refractivity contribution in [3.05, 3.63) is 34.9 Å². The molecule has 0 aliphatic rings. The Balaban J connectivity index is 2.87. The first-order valence-corrected chi connectivity index (χ1v) is 4.18. The van der Waals surface area contributed by atoms with Crippen LogP contribution in [0, 0.1) is 0 Å². The summed E-state index contributed by atoms with van der Waals surface area (Å²) < 4.78 is 4.79. The second-order valence-electron chi connectivity index (χ2n) is 2.78. The van der Waals surface area contributed by atoms with E-state index in [1.807, 2.05) is 0 Å². The van der Waals surface area contributed by atoms with Crippen LogP contribution in [0.3, 0.4) is 0 Å². The summed E-state index contributed by atoms with van der Waals surface area (Å²) in [5.41, 5.74) is 1.93. The summed E-state index contributed by atoms with van der Waals surface area (Å²) in [6.07, 6.45) is 0.718. The molecule has 0 aliphatic carbocycles. The highest BCUT2D eigenvalue weighted by Crippen LogP contribution is 2.12. The minimum Gasteiger partial charge on any atom is -0.392 e. The molecule has 0 amide bonds. The molecule has 0 heterocycles. The molecule has 14 heavy (non-hydrogen) atoms. The number of benzene rings is 1. The molecular formula is C10H12O4. The van der Waals surface area contributed by atoms with E-state index in [1.165, 1.54) is 0 Å². The van der Waals surface area contributed by atoms with Crippen molar-refractivity contribution in [3.63, 3.8) is 0 Å². The molecule has 2 N–H and O–H groups in total. The van der Waals surface area contributed by atoms with E-state index in [-0.39, 0.29) is 20.0 Å². The second-order valence-corrected chi connectivity index (χ2v) is 2.78. The summed E-state index contributed by atoms with van der Waals surface area (Å²) in [6.45, 7) is -0.280. The Kier molecular flexibility index (Phi) is 4.25. The largest absolute Gasteiger partial charge is 0.392 e. The fourth-order valence-corrected chi connectivity index (χ4v) is 1.16. The maximum absolute atomic E-state index is 10.4. The standard InChI is InChI=1S/C10H12O4/c11-4-8-1-2-9(6-14-7-13)10(3-8)5-12/h1-4,12-13H,5-7H2. The number of aliphatic hydroxyl groups is 2. The molecule has 4 nitrogen and oxygen atoms in total. The number of carbonyl (C=O) groups is 1. The number of hydrogen-bond donors (Lipinski definition) is 2. The van der Waals surface area contributed by atoms with Crippen LogP contribution in [0.1, 0.15) is 21.5 Å². The van der Waals surface area contributed by atoms with Gasteiger partial charge in [-0.25, -0.2) is 0 Å². The Morgan fingerprint density at radius 3 is 2.64 bits per heavy atom. The van der Waals surface area contributed by atoms with Crippen LogP contribution in [0.2, 0.25) is 0 Å². The molecule has 1 aromatic rings. The first-order valence-electron chi connectivity index (χ1n) is 4.18. The van der Waals surface area contributed by atoms with Crippen molar-refractivity contribution in [2.45, 2.75) is 13.2 Å². The third kappa shape index (κ3) is 2.63. The summed E-state index contributed by atoms with van der Waals surface area (Å²) in [5, 5.41) is 17.5. The van der Waals surface area contributed by atoms with Crippen molar-refractivity contribution in [2.75, 3.05) is 6.79 Å². The molecule has 0 fully saturated rings. The number of rotatable bonds is 5. The average molecular weight is 196 g/mol. The third-order valence-electron chi connectivity index (χ3n) is 1.89. The third-order valence-corrected chi connectivity index (χ3v) is 1.89. The summed E-state index contributed by atoms with van der Waals surface area (Å²) in [7, 11) is 0. The van der Waals surface area contributed by atoms with Gasteiger partial charge in [-0.3, -0.25) is 4.79 Å². The molecule has 0 unspecified atom stereocenters. The van der Waals surface area contributed by atoms with Crippen LogP contribution < -0.4 is 0 Å². The molecule has 0 bridgehead atoms. The molecule has 0 aliphatic heterocycles. The number of aliphatic hydroxyl groups excluding tert-OH is 2. The lowest BCUT2D eigenvalue weighted by Crippen LogP contribution is -2.00. The van der Waals surface area contributed by atoms with Crippen LogP contribution in [0.15, 0.2) is 18.2 Å². The van der Waals surface area contributed by atoms with Crippen LogP contribution in [-0.4, -0.2) is 23.3 Å². The van der Waals surface area contributed by atoms with Crippen molar-refractivity contribution in [2.24, 2.45) is 0 Å². The van der Waals surface area contributed by atoms with Gasteiger partial charge in [0.2, 0.25) is 0 Å². The van der Waals surface area contributed by atoms with E-state index in [9.17, 15) is 4.79 Å². The summed E-state index contributed by atoms with van der Waals surface area (Å²) in [5.74, 6) is 0. The van der Waals surface area contributed by atoms with Crippen molar-refractivity contribution in [1.82, 2.24) is 0 Å². The minimum atomic E-state index is -0.361. The van der Waals surface area contributed by atoms with Crippen LogP contribution in [-0.2, 0) is 18.0 Å². The summed E-state index contributed by atoms with van der Waals surface area (Å²) in [4.78, 5) is 10.4. The highest BCUT2D eigenvalue weighted by Gasteiger charge is 2.02. The minimum absolute atomic E-state index is 0.147. The van der Waals surface area contributed by atoms with Gasteiger partial charge in [-0.15, -0.1) is 0 Å². The molecule has 76 valence electrons. The Morgan fingerprint density at radius 2 is 2.07 bits per heavy atom. The molecule has 4 heteroatoms. The molecule has 0 spiro atoms. The predicted octanol–water partition coefficient (Wildman–Crippen LogP) is 0.458. The Bertz CT molecular complexity index is 309. The Labute approximate surface area is 81.8 Å². The second kappa shape index (κ2) is 5.49. The predicted molar refractivity (Wildman–Crippen MR) is 49.6 cm³/mol. The molecule has 0 saturated heterocycles. The monoisotopic (exact) mass is 196 g/mol. The van der Waals surface area contributed by atoms with E-state index in [0.717, 1.165) is 11.8 Å². The van der Waals surface area contributed by atoms with E-state index < -0.39 is 0 Å². The van der Waals surface area contributed by atoms with Crippen molar-refractivity contribution in [1.29, 1.82) is 0 Å². The zero-order chi connectivity index (χ0) is 10.4. The normalized spacial score (nSPS) is 10.1. The maximum atomic E-state index is 10.4. The molecule has 1 rings (SSSR count). The van der Waals surface area contributed by atoms with Gasteiger partial charge in [-0.2, -0.15) is 0 Å². The average Bonchev–Trinajstić information content (AvgIpc) is 2.26. The maximum Gasteiger partial charge on any atom is 0.150 e. The number of hydrogen-bond acceptors (Lipinski definition) is 4. The van der Waals surface area contributed by atoms with Gasteiger partial charge in [0.1, 0.15) is 13.1 Å². The van der Waals surface area contributed by atoms with Gasteiger partial charge in [0, 0.05) is 5.56 Å². The molecule has 0 saturated carbocycles. The zero-order valence-corrected chi connectivity index (χ0v) is 7.64. The van der Waals surface area contributed by atoms with Crippen LogP contribution in [0.4, 0.5) is 0 Å². The number of aldehydes is 1. The highest BCUT2D eigenvalue weighted by molar-refractivity contribution is 5.75. The first-order chi connectivity index (χ1) is 6.81. The molecule has 1 aromatic carbocycles. The van der Waals surface area contributed by atoms with Crippen LogP contribution in [0.25, 0.3) is 0 Å². The van der Waals surface area contributed by atoms with E-state index in [4.69, 9.17) is 14.9 Å². The van der Waals surface area contributed by atoms with Crippen molar-refractivity contribution in [3.8, 4) is 0 Å². The van der Waals surface area contributed by atoms with Gasteiger partial charge < -0.3 is 14.9 Å². The van der Waals surface area contributed by atoms with Crippen molar-refractivity contribution < 1.29 is 19.7 Å². The topological polar surface area (TPSA) is 66.8 Å². The van der Waals surface area contributed by atoms with E-state index in [0.29, 0.717) is 11.1 Å². The fourth-order valence-electron chi connectivity index (χ4n) is 1.16. The van der Waals surface area contributed by atoms with Gasteiger partial charge >= 0.3 is 0 Å². The van der Waals surface area contributed by atoms with Gasteiger partial charge in [-0.1, -0.05) is 12.1 Å². The zero-order valence-electron chi connectivity index (χ0n) is 7.64. The summed E-state index contributed by atoms with van der Waals surface area (Å²) in [6, 6.07) is 4.94. The lowest BCUT2D eigenvalue weighted by Gasteiger charge is -2.07. The number of carbonyl (C=O) groups excluding carboxylic acids is 1. The molecule has 0 aromatic heterocycles. The van der Waals surface area contributed by atoms with Crippen LogP contribution >= 0.6 is 0 Å². The molecule has 0 radical (unpaired) electrons. The quantitative estimate of drug-likeness (QED) is 0.530. The van der Waals surface area contributed by atoms with Gasteiger partial charge in [0.15, 0.2) is 0 Å². The smallest absolute Gasteiger partial charge is 0.150 e. The van der Waals surface area contributed by atoms with Crippen LogP contribution in [0.5, 0.6) is 0 Å². The van der Waals surface area contributed by atoms with E-state index >= 15 is 0 Å². The summed E-state index contributed by atoms with van der Waals surface area (Å²) >= 11 is 0. The fraction of sp³-hybridized carbons (Fsp3) is 0.300. The van der Waals surface area contributed by atoms with Gasteiger partial charge in [0.25, 0.3) is 0 Å². The Hall–Kier alpha value is -1.23. The van der Waals surface area contributed by atoms with E-state index in [2.05, 4.69) is 0 Å². The molecule has 0 atom stereocenters. The lowest BCUT2D eigenvalue weighted by atomic mass is 10.1. The first kappa shape index (κ1) is 10.8. The lowest BCUT2D eigenvalue weighted by molar-refractivity contribution is -0.0117. The van der Waals surface area contributed by atoms with Gasteiger partial charge in [-0.05, 0) is 17.2 Å². The van der Waals surface area contributed by atoms with Crippen molar-refractivity contribution >= 4 is 6.29 Å².